The molecule has 2 atom stereocenters. The number of aryl methyl sites for hydroxylation is 1. The Morgan fingerprint density at radius 1 is 0.822 bits per heavy atom. The Labute approximate surface area is 264 Å². The topological polar surface area (TPSA) is 108 Å². The Hall–Kier alpha value is -4.44. The van der Waals surface area contributed by atoms with Crippen molar-refractivity contribution in [1.82, 2.24) is 0 Å². The molecule has 0 radical (unpaired) electrons. The van der Waals surface area contributed by atoms with Crippen LogP contribution in [0.15, 0.2) is 54.6 Å². The van der Waals surface area contributed by atoms with Gasteiger partial charge in [0.1, 0.15) is 28.9 Å². The number of benzene rings is 3. The van der Waals surface area contributed by atoms with Gasteiger partial charge < -0.3 is 28.6 Å². The quantitative estimate of drug-likeness (QED) is 0.288. The highest BCUT2D eigenvalue weighted by Crippen LogP contribution is 2.60. The number of carbonyl (C=O) groups is 2. The molecule has 10 heteroatoms. The van der Waals surface area contributed by atoms with E-state index in [1.807, 2.05) is 71.9 Å². The number of anilines is 4. The lowest BCUT2D eigenvalue weighted by Crippen LogP contribution is -2.41. The molecule has 3 aromatic carbocycles. The van der Waals surface area contributed by atoms with Crippen molar-refractivity contribution in [2.45, 2.75) is 77.7 Å². The molecule has 0 saturated carbocycles. The summed E-state index contributed by atoms with van der Waals surface area (Å²) in [6, 6.07) is 17.2. The van der Waals surface area contributed by atoms with E-state index in [9.17, 15) is 9.59 Å². The number of rotatable bonds is 6. The molecule has 1 fully saturated rings. The molecule has 1 unspecified atom stereocenters. The summed E-state index contributed by atoms with van der Waals surface area (Å²) >= 11 is 0. The number of nitrogens with one attached hydrogen (secondary N) is 2. The molecule has 0 bridgehead atoms. The average molecular weight is 618 g/mol. The molecule has 0 spiro atoms. The van der Waals surface area contributed by atoms with Gasteiger partial charge in [-0.15, -0.1) is 0 Å². The number of fused-ring (bicyclic) bond motifs is 3. The standard InChI is InChI=1S/C35H43N3O7/c1-21-11-10-12-25-29(21)35(24-19-22(13-15-27(24)41-8)36-31(39)44-33(2,3)4)17-18-43-30(35)38(25)26-20-23(14-16-28(26)42-9)37-32(40)45-34(5,6)7/h10-16,19-20,30H,17-18H2,1-9H3,(H,36,39)(H,37,40)/t30?,35-/m0/s1. The van der Waals surface area contributed by atoms with Crippen molar-refractivity contribution in [1.29, 1.82) is 0 Å². The number of carbonyl (C=O) groups excluding carboxylic acids is 2. The highest BCUT2D eigenvalue weighted by atomic mass is 16.6. The Kier molecular flexibility index (Phi) is 8.39. The zero-order valence-electron chi connectivity index (χ0n) is 27.5. The Morgan fingerprint density at radius 2 is 1.40 bits per heavy atom. The molecule has 240 valence electrons. The highest BCUT2D eigenvalue weighted by Gasteiger charge is 2.58. The molecular weight excluding hydrogens is 574 g/mol. The number of ether oxygens (including phenoxy) is 5. The SMILES string of the molecule is COc1ccc(NC(=O)OC(C)(C)C)cc1N1c2cccc(C)c2[C@@]2(c3cc(NC(=O)OC(C)(C)C)ccc3OC)CCOC12. The van der Waals surface area contributed by atoms with Crippen LogP contribution in [0.2, 0.25) is 0 Å². The largest absolute Gasteiger partial charge is 0.496 e. The summed E-state index contributed by atoms with van der Waals surface area (Å²) < 4.78 is 29.4. The van der Waals surface area contributed by atoms with Gasteiger partial charge in [-0.1, -0.05) is 12.1 Å². The van der Waals surface area contributed by atoms with Crippen molar-refractivity contribution in [2.75, 3.05) is 36.4 Å². The molecular formula is C35H43N3O7. The first kappa shape index (κ1) is 32.0. The maximum atomic E-state index is 12.7. The molecule has 3 aromatic rings. The van der Waals surface area contributed by atoms with Crippen LogP contribution in [0.5, 0.6) is 11.5 Å². The summed E-state index contributed by atoms with van der Waals surface area (Å²) in [7, 11) is 3.26. The third-order valence-corrected chi connectivity index (χ3v) is 7.79. The van der Waals surface area contributed by atoms with E-state index in [1.54, 1.807) is 26.4 Å². The van der Waals surface area contributed by atoms with E-state index in [-0.39, 0.29) is 0 Å². The minimum Gasteiger partial charge on any atom is -0.496 e. The van der Waals surface area contributed by atoms with E-state index >= 15 is 0 Å². The monoisotopic (exact) mass is 617 g/mol. The smallest absolute Gasteiger partial charge is 0.412 e. The van der Waals surface area contributed by atoms with Crippen LogP contribution in [0.4, 0.5) is 32.3 Å². The van der Waals surface area contributed by atoms with Crippen LogP contribution >= 0.6 is 0 Å². The summed E-state index contributed by atoms with van der Waals surface area (Å²) in [5, 5.41) is 5.74. The van der Waals surface area contributed by atoms with Crippen LogP contribution in [0.3, 0.4) is 0 Å². The van der Waals surface area contributed by atoms with Crippen LogP contribution < -0.4 is 25.0 Å². The second-order valence-corrected chi connectivity index (χ2v) is 13.3. The molecule has 5 rings (SSSR count). The summed E-state index contributed by atoms with van der Waals surface area (Å²) in [4.78, 5) is 27.5. The first-order valence-electron chi connectivity index (χ1n) is 15.0. The van der Waals surface area contributed by atoms with Crippen molar-refractivity contribution in [3.05, 3.63) is 71.3 Å². The molecule has 45 heavy (non-hydrogen) atoms. The van der Waals surface area contributed by atoms with E-state index in [0.717, 1.165) is 22.4 Å². The van der Waals surface area contributed by atoms with Gasteiger partial charge in [0.05, 0.1) is 31.9 Å². The zero-order chi connectivity index (χ0) is 32.7. The third-order valence-electron chi connectivity index (χ3n) is 7.79. The van der Waals surface area contributed by atoms with Crippen LogP contribution in [0.25, 0.3) is 0 Å². The van der Waals surface area contributed by atoms with Crippen LogP contribution in [0, 0.1) is 6.92 Å². The summed E-state index contributed by atoms with van der Waals surface area (Å²) in [5.74, 6) is 1.28. The fourth-order valence-electron chi connectivity index (χ4n) is 6.29. The molecule has 0 aromatic heterocycles. The third kappa shape index (κ3) is 6.24. The summed E-state index contributed by atoms with van der Waals surface area (Å²) in [5.41, 5.74) is 3.88. The Balaban J connectivity index is 1.64. The maximum Gasteiger partial charge on any atom is 0.412 e. The van der Waals surface area contributed by atoms with E-state index in [2.05, 4.69) is 34.6 Å². The van der Waals surface area contributed by atoms with Crippen LogP contribution in [0.1, 0.15) is 64.7 Å². The van der Waals surface area contributed by atoms with Crippen molar-refractivity contribution in [2.24, 2.45) is 0 Å². The maximum absolute atomic E-state index is 12.7. The molecule has 2 N–H and O–H groups in total. The lowest BCUT2D eigenvalue weighted by atomic mass is 9.71. The number of nitrogens with zero attached hydrogens (tertiary/aromatic N) is 1. The fourth-order valence-corrected chi connectivity index (χ4v) is 6.29. The van der Waals surface area contributed by atoms with Crippen LogP contribution in [-0.4, -0.2) is 50.4 Å². The fraction of sp³-hybridized carbons (Fsp3) is 0.429. The lowest BCUT2D eigenvalue weighted by molar-refractivity contribution is 0.0624. The summed E-state index contributed by atoms with van der Waals surface area (Å²) in [6.45, 7) is 13.5. The number of hydrogen-bond acceptors (Lipinski definition) is 8. The second-order valence-electron chi connectivity index (χ2n) is 13.3. The van der Waals surface area contributed by atoms with Crippen LogP contribution in [-0.2, 0) is 19.6 Å². The average Bonchev–Trinajstić information content (AvgIpc) is 3.47. The van der Waals surface area contributed by atoms with Gasteiger partial charge in [-0.2, -0.15) is 0 Å². The van der Waals surface area contributed by atoms with E-state index < -0.39 is 35.0 Å². The molecule has 0 aliphatic carbocycles. The first-order chi connectivity index (χ1) is 21.2. The second kappa shape index (κ2) is 11.8. The molecule has 2 heterocycles. The van der Waals surface area contributed by atoms with E-state index in [0.29, 0.717) is 41.6 Å². The van der Waals surface area contributed by atoms with E-state index in [4.69, 9.17) is 23.7 Å². The van der Waals surface area contributed by atoms with Gasteiger partial charge in [-0.3, -0.25) is 10.6 Å². The van der Waals surface area contributed by atoms with Gasteiger partial charge in [0, 0.05) is 22.6 Å². The number of methoxy groups -OCH3 is 2. The van der Waals surface area contributed by atoms with Gasteiger partial charge >= 0.3 is 12.2 Å². The van der Waals surface area contributed by atoms with Gasteiger partial charge in [-0.05, 0) is 108 Å². The van der Waals surface area contributed by atoms with Crippen molar-refractivity contribution in [3.8, 4) is 11.5 Å². The highest BCUT2D eigenvalue weighted by molar-refractivity contribution is 5.89. The molecule has 2 aliphatic heterocycles. The normalized spacial score (nSPS) is 19.0. The number of amides is 2. The minimum absolute atomic E-state index is 0.486. The zero-order valence-corrected chi connectivity index (χ0v) is 27.5. The minimum atomic E-state index is -0.669. The lowest BCUT2D eigenvalue weighted by Gasteiger charge is -2.35. The van der Waals surface area contributed by atoms with Crippen molar-refractivity contribution < 1.29 is 33.3 Å². The van der Waals surface area contributed by atoms with E-state index in [1.165, 1.54) is 0 Å². The molecule has 2 amide bonds. The summed E-state index contributed by atoms with van der Waals surface area (Å²) in [6.07, 6.45) is -0.929. The first-order valence-corrected chi connectivity index (χ1v) is 15.0. The van der Waals surface area contributed by atoms with Gasteiger partial charge in [0.25, 0.3) is 0 Å². The van der Waals surface area contributed by atoms with Crippen molar-refractivity contribution >= 4 is 34.9 Å². The predicted octanol–water partition coefficient (Wildman–Crippen LogP) is 7.89. The Morgan fingerprint density at radius 3 is 1.98 bits per heavy atom. The van der Waals surface area contributed by atoms with Gasteiger partial charge in [-0.25, -0.2) is 9.59 Å². The number of hydrogen-bond donors (Lipinski definition) is 2. The molecule has 1 saturated heterocycles. The van der Waals surface area contributed by atoms with Gasteiger partial charge in [0.15, 0.2) is 0 Å². The Bertz CT molecular complexity index is 1610. The van der Waals surface area contributed by atoms with Crippen molar-refractivity contribution in [3.63, 3.8) is 0 Å². The predicted molar refractivity (Wildman–Crippen MR) is 174 cm³/mol. The molecule has 2 aliphatic rings. The van der Waals surface area contributed by atoms with Gasteiger partial charge in [0.2, 0.25) is 0 Å². The molecule has 10 nitrogen and oxygen atoms in total.